The van der Waals surface area contributed by atoms with Gasteiger partial charge in [0.25, 0.3) is 0 Å². The predicted molar refractivity (Wildman–Crippen MR) is 97.6 cm³/mol. The van der Waals surface area contributed by atoms with E-state index in [-0.39, 0.29) is 18.4 Å². The first-order valence-corrected chi connectivity index (χ1v) is 9.17. The third-order valence-electron chi connectivity index (χ3n) is 3.85. The summed E-state index contributed by atoms with van der Waals surface area (Å²) in [5.41, 5.74) is 5.44. The molecule has 0 spiro atoms. The summed E-state index contributed by atoms with van der Waals surface area (Å²) in [6.07, 6.45) is 16.4. The number of nitrogens with two attached hydrogens (primary N) is 1. The Morgan fingerprint density at radius 3 is 1.86 bits per heavy atom. The van der Waals surface area contributed by atoms with E-state index in [9.17, 15) is 4.79 Å². The van der Waals surface area contributed by atoms with E-state index in [1.54, 1.807) is 0 Å². The molecule has 0 bridgehead atoms. The third kappa shape index (κ3) is 19.7. The number of carbonyl (C=O) groups excluding carboxylic acids is 1. The maximum absolute atomic E-state index is 11.5. The first kappa shape index (κ1) is 24.0. The lowest BCUT2D eigenvalue weighted by atomic mass is 10.1. The fraction of sp³-hybridized carbons (Fsp3) is 0.944. The molecule has 0 saturated heterocycles. The molecule has 0 unspecified atom stereocenters. The topological polar surface area (TPSA) is 52.3 Å². The van der Waals surface area contributed by atoms with Crippen molar-refractivity contribution in [3.05, 3.63) is 0 Å². The quantitative estimate of drug-likeness (QED) is 0.304. The fourth-order valence-electron chi connectivity index (χ4n) is 2.44. The molecule has 0 amide bonds. The van der Waals surface area contributed by atoms with Gasteiger partial charge in [-0.1, -0.05) is 71.1 Å². The number of ether oxygens (including phenoxy) is 1. The molecule has 0 aliphatic heterocycles. The van der Waals surface area contributed by atoms with Crippen LogP contribution < -0.4 is 5.73 Å². The second-order valence-corrected chi connectivity index (χ2v) is 6.00. The Morgan fingerprint density at radius 2 is 1.27 bits per heavy atom. The minimum absolute atomic E-state index is 0. The van der Waals surface area contributed by atoms with Gasteiger partial charge in [0.05, 0.1) is 6.61 Å². The van der Waals surface area contributed by atoms with E-state index < -0.39 is 0 Å². The largest absolute Gasteiger partial charge is 0.466 e. The summed E-state index contributed by atoms with van der Waals surface area (Å²) in [6, 6.07) is 0. The van der Waals surface area contributed by atoms with Crippen molar-refractivity contribution >= 4 is 18.4 Å². The molecule has 0 fully saturated rings. The van der Waals surface area contributed by atoms with Crippen LogP contribution in [0.1, 0.15) is 96.8 Å². The molecule has 0 rings (SSSR count). The zero-order chi connectivity index (χ0) is 15.6. The van der Waals surface area contributed by atoms with Crippen molar-refractivity contribution in [1.29, 1.82) is 0 Å². The molecule has 0 radical (unpaired) electrons. The number of esters is 1. The molecular weight excluding hydrogens is 298 g/mol. The Morgan fingerprint density at radius 1 is 0.773 bits per heavy atom. The SMILES string of the molecule is CCCCCCCCCCOC(=O)CCCCCCCN.Cl. The van der Waals surface area contributed by atoms with Gasteiger partial charge in [0.1, 0.15) is 0 Å². The zero-order valence-electron chi connectivity index (χ0n) is 14.6. The maximum Gasteiger partial charge on any atom is 0.305 e. The molecule has 134 valence electrons. The van der Waals surface area contributed by atoms with Crippen molar-refractivity contribution in [3.8, 4) is 0 Å². The summed E-state index contributed by atoms with van der Waals surface area (Å²) < 4.78 is 5.26. The molecule has 4 heteroatoms. The van der Waals surface area contributed by atoms with Crippen molar-refractivity contribution in [2.75, 3.05) is 13.2 Å². The van der Waals surface area contributed by atoms with Gasteiger partial charge in [-0.05, 0) is 25.8 Å². The summed E-state index contributed by atoms with van der Waals surface area (Å²) in [4.78, 5) is 11.5. The molecule has 2 N–H and O–H groups in total. The van der Waals surface area contributed by atoms with Crippen molar-refractivity contribution in [2.24, 2.45) is 5.73 Å². The van der Waals surface area contributed by atoms with Crippen LogP contribution in [0, 0.1) is 0 Å². The lowest BCUT2D eigenvalue weighted by molar-refractivity contribution is -0.143. The van der Waals surface area contributed by atoms with Gasteiger partial charge in [0.15, 0.2) is 0 Å². The molecule has 0 aromatic carbocycles. The van der Waals surface area contributed by atoms with Crippen molar-refractivity contribution in [3.63, 3.8) is 0 Å². The van der Waals surface area contributed by atoms with E-state index in [0.717, 1.165) is 32.2 Å². The molecule has 22 heavy (non-hydrogen) atoms. The van der Waals surface area contributed by atoms with E-state index in [2.05, 4.69) is 6.92 Å². The molecule has 0 aromatic rings. The Bertz CT molecular complexity index is 225. The van der Waals surface area contributed by atoms with Crippen molar-refractivity contribution < 1.29 is 9.53 Å². The number of rotatable bonds is 16. The fourth-order valence-corrected chi connectivity index (χ4v) is 2.44. The van der Waals surface area contributed by atoms with Crippen molar-refractivity contribution in [2.45, 2.75) is 96.8 Å². The minimum Gasteiger partial charge on any atom is -0.466 e. The summed E-state index contributed by atoms with van der Waals surface area (Å²) in [6.45, 7) is 3.64. The second kappa shape index (κ2) is 20.7. The van der Waals surface area contributed by atoms with Gasteiger partial charge in [-0.2, -0.15) is 0 Å². The first-order valence-electron chi connectivity index (χ1n) is 9.17. The normalized spacial score (nSPS) is 10.3. The summed E-state index contributed by atoms with van der Waals surface area (Å²) in [7, 11) is 0. The lowest BCUT2D eigenvalue weighted by Crippen LogP contribution is -2.05. The number of carbonyl (C=O) groups is 1. The molecule has 0 aliphatic carbocycles. The average Bonchev–Trinajstić information content (AvgIpc) is 2.49. The van der Waals surface area contributed by atoms with E-state index in [1.165, 1.54) is 57.8 Å². The highest BCUT2D eigenvalue weighted by Gasteiger charge is 2.02. The molecule has 0 saturated carbocycles. The van der Waals surface area contributed by atoms with Crippen LogP contribution in [-0.4, -0.2) is 19.1 Å². The van der Waals surface area contributed by atoms with Crippen LogP contribution in [0.25, 0.3) is 0 Å². The monoisotopic (exact) mass is 335 g/mol. The van der Waals surface area contributed by atoms with E-state index in [4.69, 9.17) is 10.5 Å². The van der Waals surface area contributed by atoms with Gasteiger partial charge in [-0.25, -0.2) is 0 Å². The highest BCUT2D eigenvalue weighted by atomic mass is 35.5. The number of hydrogen-bond donors (Lipinski definition) is 1. The smallest absolute Gasteiger partial charge is 0.305 e. The van der Waals surface area contributed by atoms with Crippen LogP contribution in [-0.2, 0) is 9.53 Å². The molecule has 3 nitrogen and oxygen atoms in total. The summed E-state index contributed by atoms with van der Waals surface area (Å²) in [5.74, 6) is -0.0169. The van der Waals surface area contributed by atoms with Crippen LogP contribution in [0.5, 0.6) is 0 Å². The summed E-state index contributed by atoms with van der Waals surface area (Å²) in [5, 5.41) is 0. The Labute approximate surface area is 144 Å². The Balaban J connectivity index is 0. The number of halogens is 1. The van der Waals surface area contributed by atoms with Crippen LogP contribution >= 0.6 is 12.4 Å². The van der Waals surface area contributed by atoms with E-state index in [0.29, 0.717) is 13.0 Å². The first-order chi connectivity index (χ1) is 10.3. The van der Waals surface area contributed by atoms with Crippen LogP contribution in [0.15, 0.2) is 0 Å². The van der Waals surface area contributed by atoms with Gasteiger partial charge in [0, 0.05) is 6.42 Å². The zero-order valence-corrected chi connectivity index (χ0v) is 15.4. The number of hydrogen-bond acceptors (Lipinski definition) is 3. The van der Waals surface area contributed by atoms with Gasteiger partial charge in [0.2, 0.25) is 0 Å². The molecule has 0 heterocycles. The number of unbranched alkanes of at least 4 members (excludes halogenated alkanes) is 11. The second-order valence-electron chi connectivity index (χ2n) is 6.00. The Hall–Kier alpha value is -0.280. The van der Waals surface area contributed by atoms with Gasteiger partial charge in [-0.15, -0.1) is 12.4 Å². The van der Waals surface area contributed by atoms with Crippen LogP contribution in [0.2, 0.25) is 0 Å². The molecule has 0 aromatic heterocycles. The van der Waals surface area contributed by atoms with Crippen LogP contribution in [0.4, 0.5) is 0 Å². The highest BCUT2D eigenvalue weighted by molar-refractivity contribution is 5.85. The van der Waals surface area contributed by atoms with Gasteiger partial charge < -0.3 is 10.5 Å². The van der Waals surface area contributed by atoms with E-state index in [1.807, 2.05) is 0 Å². The maximum atomic E-state index is 11.5. The highest BCUT2D eigenvalue weighted by Crippen LogP contribution is 2.09. The Kier molecular flexibility index (Phi) is 22.6. The van der Waals surface area contributed by atoms with Gasteiger partial charge in [-0.3, -0.25) is 4.79 Å². The summed E-state index contributed by atoms with van der Waals surface area (Å²) >= 11 is 0. The molecule has 0 aliphatic rings. The predicted octanol–water partition coefficient (Wildman–Crippen LogP) is 5.39. The van der Waals surface area contributed by atoms with Gasteiger partial charge >= 0.3 is 5.97 Å². The standard InChI is InChI=1S/C18H37NO2.ClH/c1-2-3-4-5-6-7-11-14-17-21-18(20)15-12-9-8-10-13-16-19;/h2-17,19H2,1H3;1H. The minimum atomic E-state index is -0.0169. The van der Waals surface area contributed by atoms with Crippen LogP contribution in [0.3, 0.4) is 0 Å². The van der Waals surface area contributed by atoms with E-state index >= 15 is 0 Å². The molecular formula is C18H38ClNO2. The third-order valence-corrected chi connectivity index (χ3v) is 3.85. The van der Waals surface area contributed by atoms with Crippen molar-refractivity contribution in [1.82, 2.24) is 0 Å². The average molecular weight is 336 g/mol. The molecule has 0 atom stereocenters. The lowest BCUT2D eigenvalue weighted by Gasteiger charge is -2.05.